The van der Waals surface area contributed by atoms with Crippen LogP contribution in [0.25, 0.3) is 0 Å². The Labute approximate surface area is 190 Å². The van der Waals surface area contributed by atoms with E-state index in [4.69, 9.17) is 0 Å². The molecule has 2 fully saturated rings. The molecule has 178 valence electrons. The van der Waals surface area contributed by atoms with Gasteiger partial charge in [-0.25, -0.2) is 0 Å². The first-order valence-corrected chi connectivity index (χ1v) is 13.7. The minimum Gasteiger partial charge on any atom is -0.481 e. The average molecular weight is 466 g/mol. The molecule has 0 aromatic heterocycles. The van der Waals surface area contributed by atoms with Crippen LogP contribution < -0.4 is 0 Å². The highest BCUT2D eigenvalue weighted by Gasteiger charge is 2.36. The number of hydrogen-bond donors (Lipinski definition) is 3. The summed E-state index contributed by atoms with van der Waals surface area (Å²) < 4.78 is 11.3. The van der Waals surface area contributed by atoms with Crippen molar-refractivity contribution in [3.8, 4) is 0 Å². The second-order valence-corrected chi connectivity index (χ2v) is 11.1. The van der Waals surface area contributed by atoms with Gasteiger partial charge in [0.2, 0.25) is 5.91 Å². The molecule has 7 nitrogen and oxygen atoms in total. The van der Waals surface area contributed by atoms with E-state index in [0.717, 1.165) is 69.8 Å². The summed E-state index contributed by atoms with van der Waals surface area (Å²) in [5, 5.41) is 9.65. The van der Waals surface area contributed by atoms with E-state index in [0.29, 0.717) is 12.1 Å². The Kier molecular flexibility index (Phi) is 8.92. The van der Waals surface area contributed by atoms with Crippen molar-refractivity contribution in [2.75, 3.05) is 0 Å². The van der Waals surface area contributed by atoms with Gasteiger partial charge in [0.1, 0.15) is 0 Å². The molecule has 1 unspecified atom stereocenters. The third-order valence-electron chi connectivity index (χ3n) is 6.98. The van der Waals surface area contributed by atoms with E-state index in [1.165, 1.54) is 0 Å². The van der Waals surface area contributed by atoms with Crippen LogP contribution in [0.1, 0.15) is 81.8 Å². The van der Waals surface area contributed by atoms with E-state index < -0.39 is 13.6 Å². The number of rotatable bonds is 9. The first-order chi connectivity index (χ1) is 15.2. The summed E-state index contributed by atoms with van der Waals surface area (Å²) in [6, 6.07) is 6.64. The van der Waals surface area contributed by atoms with Gasteiger partial charge in [-0.15, -0.1) is 0 Å². The number of carboxylic acid groups (broad SMARTS) is 1. The first kappa shape index (κ1) is 24.9. The molecule has 1 aromatic carbocycles. The van der Waals surface area contributed by atoms with Gasteiger partial charge in [-0.3, -0.25) is 14.2 Å². The van der Waals surface area contributed by atoms with E-state index in [1.807, 2.05) is 4.90 Å². The summed E-state index contributed by atoms with van der Waals surface area (Å²) in [7, 11) is -4.14. The second-order valence-electron chi connectivity index (χ2n) is 9.50. The topological polar surface area (TPSA) is 115 Å². The first-order valence-electron chi connectivity index (χ1n) is 11.9. The molecule has 0 heterocycles. The Morgan fingerprint density at radius 1 is 0.906 bits per heavy atom. The molecule has 3 rings (SSSR count). The molecule has 2 aliphatic carbocycles. The largest absolute Gasteiger partial charge is 0.481 e. The predicted octanol–water partition coefficient (Wildman–Crippen LogP) is 4.70. The Balaban J connectivity index is 1.85. The van der Waals surface area contributed by atoms with E-state index in [9.17, 15) is 29.0 Å². The zero-order valence-electron chi connectivity index (χ0n) is 18.7. The molecule has 8 heteroatoms. The van der Waals surface area contributed by atoms with Crippen molar-refractivity contribution in [2.45, 2.75) is 89.4 Å². The minimum absolute atomic E-state index is 0.0422. The maximum Gasteiger partial charge on any atom is 0.329 e. The van der Waals surface area contributed by atoms with Crippen molar-refractivity contribution in [3.05, 3.63) is 35.4 Å². The lowest BCUT2D eigenvalue weighted by molar-refractivity contribution is -0.146. The minimum atomic E-state index is -4.14. The van der Waals surface area contributed by atoms with Gasteiger partial charge in [-0.05, 0) is 42.7 Å². The third-order valence-corrected chi connectivity index (χ3v) is 7.76. The lowest BCUT2D eigenvalue weighted by atomic mass is 9.80. The van der Waals surface area contributed by atoms with Crippen LogP contribution in [0.4, 0.5) is 0 Å². The van der Waals surface area contributed by atoms with Crippen LogP contribution in [0.3, 0.4) is 0 Å². The average Bonchev–Trinajstić information content (AvgIpc) is 2.77. The summed E-state index contributed by atoms with van der Waals surface area (Å²) in [6.45, 7) is 0.333. The van der Waals surface area contributed by atoms with Crippen LogP contribution in [0.2, 0.25) is 0 Å². The standard InChI is InChI=1S/C24H36NO6P/c26-23(27)15-22(20-7-3-1-4-8-20)25(24(28)21-9-5-2-6-10-21)16-18-11-13-19(14-12-18)17-32(29,30)31/h11-14,20-22H,1-10,15-17H2,(H,26,27)(H2,29,30,31). The van der Waals surface area contributed by atoms with Crippen LogP contribution in [0, 0.1) is 11.8 Å². The van der Waals surface area contributed by atoms with Crippen LogP contribution in [0.5, 0.6) is 0 Å². The molecule has 0 aliphatic heterocycles. The zero-order chi connectivity index (χ0) is 23.1. The maximum absolute atomic E-state index is 13.7. The number of hydrogen-bond acceptors (Lipinski definition) is 3. The number of carbonyl (C=O) groups is 2. The maximum atomic E-state index is 13.7. The van der Waals surface area contributed by atoms with Gasteiger partial charge in [0.15, 0.2) is 0 Å². The SMILES string of the molecule is O=C(O)CC(C1CCCCC1)N(Cc1ccc(CP(=O)(O)O)cc1)C(=O)C1CCCCC1. The molecule has 1 amide bonds. The van der Waals surface area contributed by atoms with E-state index in [1.54, 1.807) is 24.3 Å². The Hall–Kier alpha value is -1.69. The van der Waals surface area contributed by atoms with Crippen molar-refractivity contribution in [1.29, 1.82) is 0 Å². The van der Waals surface area contributed by atoms with Gasteiger partial charge in [0.05, 0.1) is 12.6 Å². The number of nitrogens with zero attached hydrogens (tertiary/aromatic N) is 1. The Bertz CT molecular complexity index is 808. The van der Waals surface area contributed by atoms with Gasteiger partial charge < -0.3 is 19.8 Å². The van der Waals surface area contributed by atoms with E-state index in [-0.39, 0.29) is 36.4 Å². The summed E-state index contributed by atoms with van der Waals surface area (Å²) >= 11 is 0. The summed E-state index contributed by atoms with van der Waals surface area (Å²) in [4.78, 5) is 45.7. The van der Waals surface area contributed by atoms with Crippen molar-refractivity contribution < 1.29 is 29.0 Å². The summed E-state index contributed by atoms with van der Waals surface area (Å²) in [5.41, 5.74) is 1.40. The lowest BCUT2D eigenvalue weighted by Crippen LogP contribution is -2.48. The van der Waals surface area contributed by atoms with Crippen LogP contribution in [-0.4, -0.2) is 37.7 Å². The molecule has 2 aliphatic rings. The highest BCUT2D eigenvalue weighted by atomic mass is 31.2. The molecule has 32 heavy (non-hydrogen) atoms. The molecular formula is C24H36NO6P. The smallest absolute Gasteiger partial charge is 0.329 e. The van der Waals surface area contributed by atoms with Crippen LogP contribution in [-0.2, 0) is 26.9 Å². The molecule has 1 aromatic rings. The molecule has 1 atom stereocenters. The molecule has 2 saturated carbocycles. The van der Waals surface area contributed by atoms with E-state index in [2.05, 4.69) is 0 Å². The fraction of sp³-hybridized carbons (Fsp3) is 0.667. The third kappa shape index (κ3) is 7.43. The number of carboxylic acids is 1. The van der Waals surface area contributed by atoms with Gasteiger partial charge in [-0.1, -0.05) is 62.8 Å². The summed E-state index contributed by atoms with van der Waals surface area (Å²) in [5.74, 6) is -0.654. The highest BCUT2D eigenvalue weighted by Crippen LogP contribution is 2.39. The number of aliphatic carboxylic acids is 1. The van der Waals surface area contributed by atoms with E-state index >= 15 is 0 Å². The molecule has 0 saturated heterocycles. The lowest BCUT2D eigenvalue weighted by Gasteiger charge is -2.40. The monoisotopic (exact) mass is 465 g/mol. The molecular weight excluding hydrogens is 429 g/mol. The van der Waals surface area contributed by atoms with Crippen LogP contribution >= 0.6 is 7.60 Å². The highest BCUT2D eigenvalue weighted by molar-refractivity contribution is 7.50. The van der Waals surface area contributed by atoms with Gasteiger partial charge in [0.25, 0.3) is 0 Å². The van der Waals surface area contributed by atoms with Gasteiger partial charge in [0, 0.05) is 18.5 Å². The normalized spacial score (nSPS) is 19.4. The number of carbonyl (C=O) groups excluding carboxylic acids is 1. The van der Waals surface area contributed by atoms with Gasteiger partial charge >= 0.3 is 13.6 Å². The molecule has 3 N–H and O–H groups in total. The Morgan fingerprint density at radius 2 is 1.44 bits per heavy atom. The molecule has 0 spiro atoms. The number of benzene rings is 1. The van der Waals surface area contributed by atoms with Crippen LogP contribution in [0.15, 0.2) is 24.3 Å². The molecule has 0 bridgehead atoms. The Morgan fingerprint density at radius 3 is 1.97 bits per heavy atom. The van der Waals surface area contributed by atoms with Crippen molar-refractivity contribution in [2.24, 2.45) is 11.8 Å². The fourth-order valence-corrected chi connectivity index (χ4v) is 6.04. The van der Waals surface area contributed by atoms with Crippen molar-refractivity contribution in [1.82, 2.24) is 4.90 Å². The predicted molar refractivity (Wildman–Crippen MR) is 122 cm³/mol. The van der Waals surface area contributed by atoms with Crippen molar-refractivity contribution in [3.63, 3.8) is 0 Å². The second kappa shape index (κ2) is 11.4. The quantitative estimate of drug-likeness (QED) is 0.456. The van der Waals surface area contributed by atoms with Crippen molar-refractivity contribution >= 4 is 19.5 Å². The van der Waals surface area contributed by atoms with Gasteiger partial charge in [-0.2, -0.15) is 0 Å². The molecule has 0 radical (unpaired) electrons. The summed E-state index contributed by atoms with van der Waals surface area (Å²) in [6.07, 6.45) is 9.79. The number of amides is 1. The zero-order valence-corrected chi connectivity index (χ0v) is 19.6. The fourth-order valence-electron chi connectivity index (χ4n) is 5.36.